The van der Waals surface area contributed by atoms with Crippen LogP contribution in [0.4, 0.5) is 5.69 Å². The number of rotatable bonds is 3. The first kappa shape index (κ1) is 13.2. The summed E-state index contributed by atoms with van der Waals surface area (Å²) < 4.78 is 10.8. The quantitative estimate of drug-likeness (QED) is 0.832. The summed E-state index contributed by atoms with van der Waals surface area (Å²) in [7, 11) is 1.64. The molecule has 1 aliphatic heterocycles. The second kappa shape index (κ2) is 5.59. The minimum atomic E-state index is 0.303. The first-order valence-electron chi connectivity index (χ1n) is 6.38. The lowest BCUT2D eigenvalue weighted by atomic mass is 10.1. The van der Waals surface area contributed by atoms with Gasteiger partial charge in [-0.1, -0.05) is 6.07 Å². The average molecular weight is 250 g/mol. The minimum absolute atomic E-state index is 0.303. The van der Waals surface area contributed by atoms with Crippen molar-refractivity contribution in [2.75, 3.05) is 26.0 Å². The van der Waals surface area contributed by atoms with Crippen molar-refractivity contribution in [3.63, 3.8) is 0 Å². The summed E-state index contributed by atoms with van der Waals surface area (Å²) in [5.41, 5.74) is 7.85. The number of methoxy groups -OCH3 is 1. The Kier molecular flexibility index (Phi) is 4.09. The monoisotopic (exact) mass is 250 g/mol. The van der Waals surface area contributed by atoms with Crippen LogP contribution in [0, 0.1) is 0 Å². The zero-order valence-corrected chi connectivity index (χ0v) is 11.3. The van der Waals surface area contributed by atoms with Crippen LogP contribution >= 0.6 is 0 Å². The van der Waals surface area contributed by atoms with Gasteiger partial charge < -0.3 is 15.2 Å². The highest BCUT2D eigenvalue weighted by molar-refractivity contribution is 5.54. The highest BCUT2D eigenvalue weighted by Crippen LogP contribution is 2.23. The normalized spacial score (nSPS) is 25.1. The number of hydrogen-bond donors (Lipinski definition) is 1. The van der Waals surface area contributed by atoms with E-state index in [1.807, 2.05) is 12.1 Å². The number of nitrogens with two attached hydrogens (primary N) is 1. The fourth-order valence-electron chi connectivity index (χ4n) is 2.31. The second-order valence-electron chi connectivity index (χ2n) is 5.00. The molecule has 2 rings (SSSR count). The number of nitrogens with zero attached hydrogens (tertiary/aromatic N) is 1. The lowest BCUT2D eigenvalue weighted by molar-refractivity contribution is -0.0526. The largest absolute Gasteiger partial charge is 0.495 e. The summed E-state index contributed by atoms with van der Waals surface area (Å²) >= 11 is 0. The van der Waals surface area contributed by atoms with Gasteiger partial charge in [0.1, 0.15) is 5.75 Å². The van der Waals surface area contributed by atoms with Crippen molar-refractivity contribution in [3.8, 4) is 5.75 Å². The molecule has 1 aliphatic rings. The molecule has 0 saturated carbocycles. The van der Waals surface area contributed by atoms with Crippen molar-refractivity contribution in [3.05, 3.63) is 23.8 Å². The van der Waals surface area contributed by atoms with Gasteiger partial charge in [-0.05, 0) is 31.5 Å². The van der Waals surface area contributed by atoms with E-state index in [4.69, 9.17) is 15.2 Å². The molecule has 0 bridgehead atoms. The number of nitrogen functional groups attached to an aromatic ring is 1. The first-order chi connectivity index (χ1) is 8.60. The summed E-state index contributed by atoms with van der Waals surface area (Å²) in [6.45, 7) is 6.98. The Morgan fingerprint density at radius 2 is 2.22 bits per heavy atom. The summed E-state index contributed by atoms with van der Waals surface area (Å²) in [4.78, 5) is 2.43. The molecule has 18 heavy (non-hydrogen) atoms. The summed E-state index contributed by atoms with van der Waals surface area (Å²) in [5, 5.41) is 0. The second-order valence-corrected chi connectivity index (χ2v) is 5.00. The van der Waals surface area contributed by atoms with Gasteiger partial charge in [0.25, 0.3) is 0 Å². The van der Waals surface area contributed by atoms with Gasteiger partial charge in [-0.15, -0.1) is 0 Å². The molecule has 0 amide bonds. The van der Waals surface area contributed by atoms with Crippen LogP contribution in [0.3, 0.4) is 0 Å². The number of morpholine rings is 1. The van der Waals surface area contributed by atoms with E-state index in [2.05, 4.69) is 24.8 Å². The van der Waals surface area contributed by atoms with Gasteiger partial charge in [0.2, 0.25) is 0 Å². The maximum atomic E-state index is 5.93. The van der Waals surface area contributed by atoms with Gasteiger partial charge in [-0.3, -0.25) is 4.90 Å². The van der Waals surface area contributed by atoms with Crippen molar-refractivity contribution in [2.45, 2.75) is 32.5 Å². The Labute approximate surface area is 109 Å². The highest BCUT2D eigenvalue weighted by Gasteiger charge is 2.23. The zero-order valence-electron chi connectivity index (χ0n) is 11.3. The topological polar surface area (TPSA) is 47.7 Å². The fraction of sp³-hybridized carbons (Fsp3) is 0.571. The molecule has 0 aromatic heterocycles. The van der Waals surface area contributed by atoms with Crippen molar-refractivity contribution in [1.29, 1.82) is 0 Å². The van der Waals surface area contributed by atoms with E-state index in [0.717, 1.165) is 25.4 Å². The summed E-state index contributed by atoms with van der Waals surface area (Å²) in [6.07, 6.45) is 0.303. The molecule has 4 nitrogen and oxygen atoms in total. The van der Waals surface area contributed by atoms with E-state index in [9.17, 15) is 0 Å². The maximum absolute atomic E-state index is 5.93. The predicted molar refractivity (Wildman–Crippen MR) is 72.7 cm³/mol. The van der Waals surface area contributed by atoms with E-state index in [0.29, 0.717) is 17.8 Å². The third-order valence-corrected chi connectivity index (χ3v) is 3.42. The molecular weight excluding hydrogens is 228 g/mol. The number of ether oxygens (including phenoxy) is 2. The van der Waals surface area contributed by atoms with E-state index < -0.39 is 0 Å². The standard InChI is InChI=1S/C14H22N2O2/c1-10-9-18-11(2)7-16(10)8-12-4-5-14(17-3)13(15)6-12/h4-6,10-11H,7-9,15H2,1-3H3. The first-order valence-corrected chi connectivity index (χ1v) is 6.38. The maximum Gasteiger partial charge on any atom is 0.141 e. The van der Waals surface area contributed by atoms with Gasteiger partial charge in [0.15, 0.2) is 0 Å². The molecule has 4 heteroatoms. The van der Waals surface area contributed by atoms with Crippen LogP contribution in [0.2, 0.25) is 0 Å². The molecule has 1 aromatic carbocycles. The van der Waals surface area contributed by atoms with Crippen LogP contribution in [0.25, 0.3) is 0 Å². The predicted octanol–water partition coefficient (Wildman–Crippen LogP) is 1.89. The molecule has 2 atom stereocenters. The highest BCUT2D eigenvalue weighted by atomic mass is 16.5. The molecule has 100 valence electrons. The van der Waals surface area contributed by atoms with Crippen molar-refractivity contribution < 1.29 is 9.47 Å². The van der Waals surface area contributed by atoms with Gasteiger partial charge in [-0.25, -0.2) is 0 Å². The van der Waals surface area contributed by atoms with Gasteiger partial charge in [0, 0.05) is 19.1 Å². The van der Waals surface area contributed by atoms with Crippen LogP contribution in [-0.2, 0) is 11.3 Å². The van der Waals surface area contributed by atoms with E-state index in [1.165, 1.54) is 5.56 Å². The van der Waals surface area contributed by atoms with Gasteiger partial charge in [-0.2, -0.15) is 0 Å². The van der Waals surface area contributed by atoms with Crippen molar-refractivity contribution >= 4 is 5.69 Å². The number of benzene rings is 1. The lowest BCUT2D eigenvalue weighted by Gasteiger charge is -2.36. The Morgan fingerprint density at radius 1 is 1.44 bits per heavy atom. The molecule has 1 saturated heterocycles. The number of hydrogen-bond acceptors (Lipinski definition) is 4. The van der Waals surface area contributed by atoms with E-state index in [1.54, 1.807) is 7.11 Å². The molecule has 2 unspecified atom stereocenters. The SMILES string of the molecule is COc1ccc(CN2CC(C)OCC2C)cc1N. The van der Waals surface area contributed by atoms with Crippen molar-refractivity contribution in [2.24, 2.45) is 0 Å². The van der Waals surface area contributed by atoms with E-state index in [-0.39, 0.29) is 0 Å². The van der Waals surface area contributed by atoms with Crippen LogP contribution < -0.4 is 10.5 Å². The lowest BCUT2D eigenvalue weighted by Crippen LogP contribution is -2.46. The zero-order chi connectivity index (χ0) is 13.1. The molecule has 0 radical (unpaired) electrons. The molecule has 1 aromatic rings. The number of anilines is 1. The Balaban J connectivity index is 2.06. The molecular formula is C14H22N2O2. The fourth-order valence-corrected chi connectivity index (χ4v) is 2.31. The molecule has 0 spiro atoms. The molecule has 1 heterocycles. The van der Waals surface area contributed by atoms with E-state index >= 15 is 0 Å². The molecule has 0 aliphatic carbocycles. The third kappa shape index (κ3) is 2.94. The van der Waals surface area contributed by atoms with Crippen molar-refractivity contribution in [1.82, 2.24) is 4.90 Å². The Hall–Kier alpha value is -1.26. The van der Waals surface area contributed by atoms with Crippen LogP contribution in [-0.4, -0.2) is 37.3 Å². The van der Waals surface area contributed by atoms with Gasteiger partial charge in [0.05, 0.1) is 25.5 Å². The molecule has 1 fully saturated rings. The third-order valence-electron chi connectivity index (χ3n) is 3.42. The van der Waals surface area contributed by atoms with Crippen LogP contribution in [0.1, 0.15) is 19.4 Å². The van der Waals surface area contributed by atoms with Crippen LogP contribution in [0.5, 0.6) is 5.75 Å². The van der Waals surface area contributed by atoms with Crippen LogP contribution in [0.15, 0.2) is 18.2 Å². The average Bonchev–Trinajstić information content (AvgIpc) is 2.34. The Morgan fingerprint density at radius 3 is 2.89 bits per heavy atom. The minimum Gasteiger partial charge on any atom is -0.495 e. The summed E-state index contributed by atoms with van der Waals surface area (Å²) in [6, 6.07) is 6.44. The summed E-state index contributed by atoms with van der Waals surface area (Å²) in [5.74, 6) is 0.738. The smallest absolute Gasteiger partial charge is 0.141 e. The van der Waals surface area contributed by atoms with Gasteiger partial charge >= 0.3 is 0 Å². The Bertz CT molecular complexity index is 409. The molecule has 2 N–H and O–H groups in total.